The van der Waals surface area contributed by atoms with Gasteiger partial charge in [0.25, 0.3) is 0 Å². The van der Waals surface area contributed by atoms with Crippen LogP contribution in [0, 0.1) is 5.92 Å². The molecule has 6 heteroatoms. The van der Waals surface area contributed by atoms with Gasteiger partial charge in [0.1, 0.15) is 0 Å². The first-order chi connectivity index (χ1) is 9.20. The summed E-state index contributed by atoms with van der Waals surface area (Å²) < 4.78 is 5.42. The van der Waals surface area contributed by atoms with Gasteiger partial charge in [0.2, 0.25) is 5.91 Å². The van der Waals surface area contributed by atoms with Gasteiger partial charge in [-0.25, -0.2) is 0 Å². The molecule has 1 aromatic rings. The van der Waals surface area contributed by atoms with Crippen LogP contribution in [-0.2, 0) is 9.53 Å². The second-order valence-corrected chi connectivity index (χ2v) is 5.15. The van der Waals surface area contributed by atoms with Crippen LogP contribution in [0.15, 0.2) is 24.3 Å². The van der Waals surface area contributed by atoms with Crippen LogP contribution in [0.25, 0.3) is 0 Å². The Morgan fingerprint density at radius 1 is 1.60 bits per heavy atom. The van der Waals surface area contributed by atoms with E-state index in [2.05, 4.69) is 10.6 Å². The van der Waals surface area contributed by atoms with Crippen molar-refractivity contribution in [3.05, 3.63) is 34.9 Å². The number of carbonyl (C=O) groups is 1. The molecule has 2 unspecified atom stereocenters. The highest BCUT2D eigenvalue weighted by atomic mass is 35.5. The zero-order valence-corrected chi connectivity index (χ0v) is 13.0. The van der Waals surface area contributed by atoms with Gasteiger partial charge in [-0.2, -0.15) is 0 Å². The van der Waals surface area contributed by atoms with Crippen molar-refractivity contribution < 1.29 is 9.53 Å². The summed E-state index contributed by atoms with van der Waals surface area (Å²) in [6.45, 7) is 2.15. The van der Waals surface area contributed by atoms with Crippen LogP contribution in [0.2, 0.25) is 5.02 Å². The van der Waals surface area contributed by atoms with Crippen LogP contribution in [0.4, 0.5) is 0 Å². The van der Waals surface area contributed by atoms with Crippen molar-refractivity contribution in [2.75, 3.05) is 26.7 Å². The van der Waals surface area contributed by atoms with E-state index in [4.69, 9.17) is 16.3 Å². The van der Waals surface area contributed by atoms with Crippen molar-refractivity contribution in [1.82, 2.24) is 10.6 Å². The minimum atomic E-state index is -0.169. The highest BCUT2D eigenvalue weighted by Gasteiger charge is 2.23. The third-order valence-corrected chi connectivity index (χ3v) is 3.63. The molecule has 4 nitrogen and oxygen atoms in total. The number of benzene rings is 1. The monoisotopic (exact) mass is 318 g/mol. The summed E-state index contributed by atoms with van der Waals surface area (Å²) in [7, 11) is 1.63. The number of amides is 1. The Bertz CT molecular complexity index is 437. The fraction of sp³-hybridized carbons (Fsp3) is 0.500. The van der Waals surface area contributed by atoms with Crippen LogP contribution in [0.5, 0.6) is 0 Å². The molecule has 1 amide bonds. The van der Waals surface area contributed by atoms with Gasteiger partial charge in [0, 0.05) is 25.2 Å². The van der Waals surface area contributed by atoms with Crippen molar-refractivity contribution >= 4 is 29.9 Å². The highest BCUT2D eigenvalue weighted by molar-refractivity contribution is 6.30. The van der Waals surface area contributed by atoms with Crippen molar-refractivity contribution in [2.24, 2.45) is 5.92 Å². The lowest BCUT2D eigenvalue weighted by Gasteiger charge is -2.18. The number of rotatable bonds is 5. The van der Waals surface area contributed by atoms with Gasteiger partial charge in [0.05, 0.1) is 12.0 Å². The number of halogens is 2. The molecule has 0 saturated carbocycles. The van der Waals surface area contributed by atoms with Gasteiger partial charge in [-0.05, 0) is 30.7 Å². The first-order valence-corrected chi connectivity index (χ1v) is 6.85. The van der Waals surface area contributed by atoms with Gasteiger partial charge < -0.3 is 15.4 Å². The zero-order chi connectivity index (χ0) is 13.7. The maximum absolute atomic E-state index is 11.9. The van der Waals surface area contributed by atoms with Gasteiger partial charge >= 0.3 is 0 Å². The SMILES string of the molecule is COC(CNC(=O)C1CCNC1)c1cccc(Cl)c1.Cl. The van der Waals surface area contributed by atoms with E-state index in [1.165, 1.54) is 0 Å². The Balaban J connectivity index is 0.00000200. The summed E-state index contributed by atoms with van der Waals surface area (Å²) in [5, 5.41) is 6.80. The smallest absolute Gasteiger partial charge is 0.224 e. The Morgan fingerprint density at radius 2 is 2.40 bits per heavy atom. The average molecular weight is 319 g/mol. The van der Waals surface area contributed by atoms with Gasteiger partial charge in [-0.15, -0.1) is 12.4 Å². The number of carbonyl (C=O) groups excluding carboxylic acids is 1. The number of ether oxygens (including phenoxy) is 1. The molecule has 0 bridgehead atoms. The lowest BCUT2D eigenvalue weighted by atomic mass is 10.1. The summed E-state index contributed by atoms with van der Waals surface area (Å²) in [4.78, 5) is 11.9. The van der Waals surface area contributed by atoms with E-state index < -0.39 is 0 Å². The minimum Gasteiger partial charge on any atom is -0.375 e. The molecular formula is C14H20Cl2N2O2. The predicted octanol–water partition coefficient (Wildman–Crippen LogP) is 2.18. The molecule has 0 radical (unpaired) electrons. The zero-order valence-electron chi connectivity index (χ0n) is 11.4. The number of nitrogens with one attached hydrogen (secondary N) is 2. The normalized spacial score (nSPS) is 19.2. The summed E-state index contributed by atoms with van der Waals surface area (Å²) in [5.74, 6) is 0.172. The van der Waals surface area contributed by atoms with Crippen molar-refractivity contribution in [2.45, 2.75) is 12.5 Å². The quantitative estimate of drug-likeness (QED) is 0.875. The second kappa shape index (κ2) is 8.47. The van der Waals surface area contributed by atoms with Crippen molar-refractivity contribution in [3.8, 4) is 0 Å². The molecule has 1 aromatic carbocycles. The molecule has 0 aliphatic carbocycles. The first kappa shape index (κ1) is 17.2. The molecule has 0 spiro atoms. The lowest BCUT2D eigenvalue weighted by Crippen LogP contribution is -2.35. The van der Waals surface area contributed by atoms with E-state index in [0.29, 0.717) is 11.6 Å². The number of methoxy groups -OCH3 is 1. The minimum absolute atomic E-state index is 0. The third kappa shape index (κ3) is 4.63. The average Bonchev–Trinajstić information content (AvgIpc) is 2.93. The first-order valence-electron chi connectivity index (χ1n) is 6.47. The Labute approximate surface area is 130 Å². The van der Waals surface area contributed by atoms with Crippen LogP contribution in [-0.4, -0.2) is 32.7 Å². The van der Waals surface area contributed by atoms with Gasteiger partial charge in [-0.3, -0.25) is 4.79 Å². The molecule has 1 fully saturated rings. The standard InChI is InChI=1S/C14H19ClN2O2.ClH/c1-19-13(10-3-2-4-12(15)7-10)9-17-14(18)11-5-6-16-8-11;/h2-4,7,11,13,16H,5-6,8-9H2,1H3,(H,17,18);1H. The van der Waals surface area contributed by atoms with Gasteiger partial charge in [0.15, 0.2) is 0 Å². The van der Waals surface area contributed by atoms with Crippen molar-refractivity contribution in [3.63, 3.8) is 0 Å². The summed E-state index contributed by atoms with van der Waals surface area (Å²) in [6.07, 6.45) is 0.734. The molecule has 0 aromatic heterocycles. The van der Waals surface area contributed by atoms with Gasteiger partial charge in [-0.1, -0.05) is 23.7 Å². The van der Waals surface area contributed by atoms with E-state index in [1.807, 2.05) is 24.3 Å². The molecule has 1 heterocycles. The maximum Gasteiger partial charge on any atom is 0.224 e. The fourth-order valence-electron chi connectivity index (χ4n) is 2.26. The molecule has 1 aliphatic heterocycles. The van der Waals surface area contributed by atoms with Crippen LogP contribution in [0.1, 0.15) is 18.1 Å². The molecule has 2 rings (SSSR count). The maximum atomic E-state index is 11.9. The topological polar surface area (TPSA) is 50.4 Å². The van der Waals surface area contributed by atoms with E-state index in [9.17, 15) is 4.79 Å². The second-order valence-electron chi connectivity index (χ2n) is 4.71. The van der Waals surface area contributed by atoms with Crippen LogP contribution < -0.4 is 10.6 Å². The molecule has 2 atom stereocenters. The summed E-state index contributed by atoms with van der Waals surface area (Å²) in [5.41, 5.74) is 0.972. The lowest BCUT2D eigenvalue weighted by molar-refractivity contribution is -0.125. The van der Waals surface area contributed by atoms with E-state index >= 15 is 0 Å². The van der Waals surface area contributed by atoms with Crippen LogP contribution in [0.3, 0.4) is 0 Å². The summed E-state index contributed by atoms with van der Waals surface area (Å²) in [6, 6.07) is 7.51. The Morgan fingerprint density at radius 3 is 3.00 bits per heavy atom. The van der Waals surface area contributed by atoms with Crippen molar-refractivity contribution in [1.29, 1.82) is 0 Å². The Hall–Kier alpha value is -0.810. The molecule has 2 N–H and O–H groups in total. The van der Waals surface area contributed by atoms with E-state index in [0.717, 1.165) is 25.1 Å². The summed E-state index contributed by atoms with van der Waals surface area (Å²) >= 11 is 5.96. The fourth-order valence-corrected chi connectivity index (χ4v) is 2.46. The molecule has 112 valence electrons. The highest BCUT2D eigenvalue weighted by Crippen LogP contribution is 2.20. The Kier molecular flexibility index (Phi) is 7.30. The predicted molar refractivity (Wildman–Crippen MR) is 82.4 cm³/mol. The van der Waals surface area contributed by atoms with Crippen LogP contribution >= 0.6 is 24.0 Å². The number of hydrogen-bond donors (Lipinski definition) is 2. The van der Waals surface area contributed by atoms with E-state index in [-0.39, 0.29) is 30.3 Å². The molecule has 20 heavy (non-hydrogen) atoms. The molecule has 1 aliphatic rings. The molecular weight excluding hydrogens is 299 g/mol. The molecule has 1 saturated heterocycles. The van der Waals surface area contributed by atoms with E-state index in [1.54, 1.807) is 7.11 Å². The largest absolute Gasteiger partial charge is 0.375 e. The number of hydrogen-bond acceptors (Lipinski definition) is 3. The third-order valence-electron chi connectivity index (χ3n) is 3.40.